The van der Waals surface area contributed by atoms with Crippen molar-refractivity contribution in [1.82, 2.24) is 10.2 Å². The Balaban J connectivity index is 1.91. The average molecular weight is 389 g/mol. The first-order valence-electron chi connectivity index (χ1n) is 8.75. The van der Waals surface area contributed by atoms with Gasteiger partial charge in [0.15, 0.2) is 0 Å². The molecule has 2 N–H and O–H groups in total. The summed E-state index contributed by atoms with van der Waals surface area (Å²) in [6, 6.07) is 7.50. The summed E-state index contributed by atoms with van der Waals surface area (Å²) in [7, 11) is 0. The lowest BCUT2D eigenvalue weighted by Crippen LogP contribution is -2.59. The Bertz CT molecular complexity index is 815. The molecule has 0 aliphatic carbocycles. The molecular formula is C19H23N3O4S. The Morgan fingerprint density at radius 1 is 1.26 bits per heavy atom. The van der Waals surface area contributed by atoms with Gasteiger partial charge in [0.25, 0.3) is 11.1 Å². The Morgan fingerprint density at radius 2 is 1.96 bits per heavy atom. The molecule has 1 aromatic rings. The van der Waals surface area contributed by atoms with Crippen molar-refractivity contribution < 1.29 is 19.5 Å². The molecule has 0 aromatic heterocycles. The lowest BCUT2D eigenvalue weighted by molar-refractivity contribution is -0.115. The molecule has 27 heavy (non-hydrogen) atoms. The van der Waals surface area contributed by atoms with Crippen LogP contribution >= 0.6 is 11.8 Å². The molecule has 3 amide bonds. The fourth-order valence-corrected chi connectivity index (χ4v) is 4.10. The fourth-order valence-electron chi connectivity index (χ4n) is 3.43. The number of hydrogen-bond donors (Lipinski definition) is 2. The van der Waals surface area contributed by atoms with E-state index in [9.17, 15) is 19.5 Å². The maximum absolute atomic E-state index is 11.9. The Morgan fingerprint density at radius 3 is 2.56 bits per heavy atom. The van der Waals surface area contributed by atoms with Crippen LogP contribution in [-0.2, 0) is 4.79 Å². The van der Waals surface area contributed by atoms with Gasteiger partial charge >= 0.3 is 6.09 Å². The number of carbonyl (C=O) groups excluding carboxylic acids is 2. The number of benzene rings is 1. The molecule has 3 rings (SSSR count). The number of imide groups is 1. The molecule has 1 atom stereocenters. The van der Waals surface area contributed by atoms with Gasteiger partial charge in [0.05, 0.1) is 10.9 Å². The highest BCUT2D eigenvalue weighted by Gasteiger charge is 2.38. The highest BCUT2D eigenvalue weighted by Crippen LogP contribution is 2.33. The highest BCUT2D eigenvalue weighted by molar-refractivity contribution is 8.18. The summed E-state index contributed by atoms with van der Waals surface area (Å²) >= 11 is 0.890. The van der Waals surface area contributed by atoms with E-state index in [2.05, 4.69) is 10.2 Å². The predicted octanol–water partition coefficient (Wildman–Crippen LogP) is 3.23. The molecule has 0 bridgehead atoms. The zero-order valence-corrected chi connectivity index (χ0v) is 16.4. The van der Waals surface area contributed by atoms with Gasteiger partial charge in [-0.1, -0.05) is 39.0 Å². The van der Waals surface area contributed by atoms with Gasteiger partial charge in [-0.05, 0) is 34.9 Å². The molecule has 144 valence electrons. The molecule has 1 aromatic carbocycles. The molecular weight excluding hydrogens is 366 g/mol. The molecule has 1 unspecified atom stereocenters. The summed E-state index contributed by atoms with van der Waals surface area (Å²) < 4.78 is 0. The molecule has 2 aliphatic heterocycles. The van der Waals surface area contributed by atoms with Crippen LogP contribution in [0.3, 0.4) is 0 Å². The summed E-state index contributed by atoms with van der Waals surface area (Å²) in [6.07, 6.45) is 0.818. The first-order chi connectivity index (χ1) is 12.7. The van der Waals surface area contributed by atoms with Gasteiger partial charge in [-0.25, -0.2) is 4.79 Å². The largest absolute Gasteiger partial charge is 0.465 e. The van der Waals surface area contributed by atoms with Gasteiger partial charge in [-0.2, -0.15) is 0 Å². The van der Waals surface area contributed by atoms with E-state index in [0.29, 0.717) is 24.5 Å². The van der Waals surface area contributed by atoms with Crippen molar-refractivity contribution in [2.45, 2.75) is 26.8 Å². The average Bonchev–Trinajstić information content (AvgIpc) is 2.91. The standard InChI is InChI=1S/C19H23N3O4S/c1-19(2,3)15-11-21(8-9-22(15)18(25)26)13-7-5-4-6-12(13)10-14-16(23)20-17(24)27-14/h4-7,10,15H,8-9,11H2,1-3H3,(H,25,26)(H,20,23,24)/b14-10-. The van der Waals surface area contributed by atoms with E-state index in [0.717, 1.165) is 23.0 Å². The van der Waals surface area contributed by atoms with Crippen LogP contribution in [0.5, 0.6) is 0 Å². The Hall–Kier alpha value is -2.48. The minimum absolute atomic E-state index is 0.157. The summed E-state index contributed by atoms with van der Waals surface area (Å²) in [6.45, 7) is 7.66. The summed E-state index contributed by atoms with van der Waals surface area (Å²) in [5, 5.41) is 11.4. The Labute approximate surface area is 162 Å². The van der Waals surface area contributed by atoms with E-state index in [1.807, 2.05) is 45.0 Å². The third kappa shape index (κ3) is 4.10. The second-order valence-electron chi connectivity index (χ2n) is 7.71. The lowest BCUT2D eigenvalue weighted by Gasteiger charge is -2.47. The topological polar surface area (TPSA) is 90.0 Å². The van der Waals surface area contributed by atoms with Crippen LogP contribution in [0.15, 0.2) is 29.2 Å². The summed E-state index contributed by atoms with van der Waals surface area (Å²) in [5.41, 5.74) is 1.55. The SMILES string of the molecule is CC(C)(C)C1CN(c2ccccc2/C=C2\SC(=O)NC2=O)CCN1C(=O)O. The van der Waals surface area contributed by atoms with Crippen molar-refractivity contribution in [3.63, 3.8) is 0 Å². The lowest BCUT2D eigenvalue weighted by atomic mass is 9.84. The minimum Gasteiger partial charge on any atom is -0.465 e. The van der Waals surface area contributed by atoms with E-state index >= 15 is 0 Å². The van der Waals surface area contributed by atoms with Crippen LogP contribution in [0.1, 0.15) is 26.3 Å². The Kier molecular flexibility index (Phi) is 5.19. The molecule has 0 saturated carbocycles. The van der Waals surface area contributed by atoms with Crippen LogP contribution < -0.4 is 10.2 Å². The number of para-hydroxylation sites is 1. The molecule has 2 aliphatic rings. The molecule has 0 radical (unpaired) electrons. The first kappa shape index (κ1) is 19.3. The third-order valence-electron chi connectivity index (χ3n) is 4.83. The number of carbonyl (C=O) groups is 3. The van der Waals surface area contributed by atoms with Gasteiger partial charge in [0.1, 0.15) is 0 Å². The van der Waals surface area contributed by atoms with Gasteiger partial charge in [0.2, 0.25) is 0 Å². The molecule has 7 nitrogen and oxygen atoms in total. The number of rotatable bonds is 2. The summed E-state index contributed by atoms with van der Waals surface area (Å²) in [4.78, 5) is 39.0. The maximum Gasteiger partial charge on any atom is 0.407 e. The van der Waals surface area contributed by atoms with E-state index < -0.39 is 6.09 Å². The van der Waals surface area contributed by atoms with Crippen molar-refractivity contribution in [2.24, 2.45) is 5.41 Å². The van der Waals surface area contributed by atoms with E-state index in [4.69, 9.17) is 0 Å². The van der Waals surface area contributed by atoms with Crippen molar-refractivity contribution in [3.05, 3.63) is 34.7 Å². The molecule has 2 saturated heterocycles. The number of amides is 3. The first-order valence-corrected chi connectivity index (χ1v) is 9.57. The third-order valence-corrected chi connectivity index (χ3v) is 5.64. The van der Waals surface area contributed by atoms with Crippen molar-refractivity contribution in [2.75, 3.05) is 24.5 Å². The predicted molar refractivity (Wildman–Crippen MR) is 106 cm³/mol. The van der Waals surface area contributed by atoms with Crippen LogP contribution in [0.25, 0.3) is 6.08 Å². The second-order valence-corrected chi connectivity index (χ2v) is 8.73. The normalized spacial score (nSPS) is 22.3. The fraction of sp³-hybridized carbons (Fsp3) is 0.421. The number of nitrogens with one attached hydrogen (secondary N) is 1. The van der Waals surface area contributed by atoms with Crippen LogP contribution in [0.2, 0.25) is 0 Å². The molecule has 2 fully saturated rings. The second kappa shape index (κ2) is 7.26. The maximum atomic E-state index is 11.9. The highest BCUT2D eigenvalue weighted by atomic mass is 32.2. The number of hydrogen-bond acceptors (Lipinski definition) is 5. The quantitative estimate of drug-likeness (QED) is 0.755. The monoisotopic (exact) mass is 389 g/mol. The summed E-state index contributed by atoms with van der Waals surface area (Å²) in [5.74, 6) is -0.386. The molecule has 0 spiro atoms. The van der Waals surface area contributed by atoms with E-state index in [-0.39, 0.29) is 22.6 Å². The number of piperazine rings is 1. The molecule has 8 heteroatoms. The zero-order valence-electron chi connectivity index (χ0n) is 15.6. The van der Waals surface area contributed by atoms with Gasteiger partial charge < -0.3 is 14.9 Å². The number of thioether (sulfide) groups is 1. The van der Waals surface area contributed by atoms with Crippen LogP contribution in [0, 0.1) is 5.41 Å². The van der Waals surface area contributed by atoms with Crippen molar-refractivity contribution in [1.29, 1.82) is 0 Å². The number of carboxylic acid groups (broad SMARTS) is 1. The van der Waals surface area contributed by atoms with Crippen molar-refractivity contribution in [3.8, 4) is 0 Å². The number of anilines is 1. The van der Waals surface area contributed by atoms with Crippen LogP contribution in [0.4, 0.5) is 15.3 Å². The number of nitrogens with zero attached hydrogens (tertiary/aromatic N) is 2. The van der Waals surface area contributed by atoms with Crippen molar-refractivity contribution >= 4 is 40.8 Å². The zero-order chi connectivity index (χ0) is 19.8. The van der Waals surface area contributed by atoms with E-state index in [1.54, 1.807) is 6.08 Å². The molecule has 2 heterocycles. The minimum atomic E-state index is -0.900. The van der Waals surface area contributed by atoms with E-state index in [1.165, 1.54) is 4.90 Å². The smallest absolute Gasteiger partial charge is 0.407 e. The van der Waals surface area contributed by atoms with Gasteiger partial charge in [-0.15, -0.1) is 0 Å². The van der Waals surface area contributed by atoms with Gasteiger partial charge in [-0.3, -0.25) is 14.9 Å². The van der Waals surface area contributed by atoms with Crippen LogP contribution in [-0.4, -0.2) is 52.9 Å². The van der Waals surface area contributed by atoms with Gasteiger partial charge in [0, 0.05) is 25.3 Å².